The lowest BCUT2D eigenvalue weighted by Gasteiger charge is -2.25. The molecule has 1 N–H and O–H groups in total. The number of ether oxygens (including phenoxy) is 1. The van der Waals surface area contributed by atoms with Crippen LogP contribution in [0.5, 0.6) is 0 Å². The van der Waals surface area contributed by atoms with E-state index in [-0.39, 0.29) is 24.2 Å². The zero-order valence-electron chi connectivity index (χ0n) is 11.6. The standard InChI is InChI=1S/C14H21N3O2/c1-3-17-13-6-4-5-11(10(13)8-15-17)16-12-7-9(2)19-14(12)18/h8-9,11-12,16H,3-7H2,1-2H3. The summed E-state index contributed by atoms with van der Waals surface area (Å²) >= 11 is 0. The zero-order valence-corrected chi connectivity index (χ0v) is 11.6. The van der Waals surface area contributed by atoms with Gasteiger partial charge in [-0.1, -0.05) is 0 Å². The molecular formula is C14H21N3O2. The molecule has 3 atom stereocenters. The molecular weight excluding hydrogens is 242 g/mol. The quantitative estimate of drug-likeness (QED) is 0.841. The molecule has 1 aliphatic heterocycles. The molecule has 3 rings (SSSR count). The minimum absolute atomic E-state index is 0.0337. The molecule has 2 heterocycles. The summed E-state index contributed by atoms with van der Waals surface area (Å²) in [6.07, 6.45) is 6.07. The number of aromatic nitrogens is 2. The molecule has 1 aliphatic carbocycles. The highest BCUT2D eigenvalue weighted by molar-refractivity contribution is 5.78. The van der Waals surface area contributed by atoms with Crippen molar-refractivity contribution in [3.05, 3.63) is 17.5 Å². The Labute approximate surface area is 113 Å². The van der Waals surface area contributed by atoms with Gasteiger partial charge in [0.1, 0.15) is 12.1 Å². The molecule has 3 unspecified atom stereocenters. The number of aryl methyl sites for hydroxylation is 1. The number of hydrogen-bond donors (Lipinski definition) is 1. The lowest BCUT2D eigenvalue weighted by Crippen LogP contribution is -2.37. The van der Waals surface area contributed by atoms with E-state index >= 15 is 0 Å². The minimum atomic E-state index is -0.157. The van der Waals surface area contributed by atoms with Crippen molar-refractivity contribution in [1.82, 2.24) is 15.1 Å². The molecule has 0 aromatic carbocycles. The fraction of sp³-hybridized carbons (Fsp3) is 0.714. The fourth-order valence-corrected chi connectivity index (χ4v) is 3.20. The summed E-state index contributed by atoms with van der Waals surface area (Å²) in [6, 6.07) is 0.0860. The van der Waals surface area contributed by atoms with Crippen LogP contribution in [0.25, 0.3) is 0 Å². The third-order valence-corrected chi connectivity index (χ3v) is 4.13. The predicted octanol–water partition coefficient (Wildman–Crippen LogP) is 1.57. The molecule has 2 aliphatic rings. The van der Waals surface area contributed by atoms with Gasteiger partial charge in [0, 0.05) is 30.3 Å². The van der Waals surface area contributed by atoms with Crippen LogP contribution in [-0.4, -0.2) is 27.9 Å². The maximum atomic E-state index is 11.7. The first-order valence-electron chi connectivity index (χ1n) is 7.20. The van der Waals surface area contributed by atoms with E-state index in [1.54, 1.807) is 0 Å². The van der Waals surface area contributed by atoms with Crippen molar-refractivity contribution in [2.75, 3.05) is 0 Å². The van der Waals surface area contributed by atoms with Crippen LogP contribution in [0.4, 0.5) is 0 Å². The molecule has 104 valence electrons. The Balaban J connectivity index is 1.77. The van der Waals surface area contributed by atoms with Gasteiger partial charge in [-0.05, 0) is 33.1 Å². The summed E-state index contributed by atoms with van der Waals surface area (Å²) in [4.78, 5) is 11.7. The fourth-order valence-electron chi connectivity index (χ4n) is 3.20. The molecule has 0 amide bonds. The highest BCUT2D eigenvalue weighted by atomic mass is 16.6. The van der Waals surface area contributed by atoms with E-state index in [1.165, 1.54) is 11.3 Å². The number of nitrogens with zero attached hydrogens (tertiary/aromatic N) is 2. The Morgan fingerprint density at radius 2 is 2.37 bits per heavy atom. The number of esters is 1. The van der Waals surface area contributed by atoms with Crippen LogP contribution >= 0.6 is 0 Å². The first-order chi connectivity index (χ1) is 9.19. The monoisotopic (exact) mass is 263 g/mol. The second-order valence-corrected chi connectivity index (χ2v) is 5.51. The minimum Gasteiger partial charge on any atom is -0.461 e. The Morgan fingerprint density at radius 3 is 3.05 bits per heavy atom. The van der Waals surface area contributed by atoms with Gasteiger partial charge in [0.05, 0.1) is 6.20 Å². The zero-order chi connectivity index (χ0) is 13.4. The van der Waals surface area contributed by atoms with Crippen LogP contribution in [0.15, 0.2) is 6.20 Å². The second kappa shape index (κ2) is 4.96. The third-order valence-electron chi connectivity index (χ3n) is 4.13. The number of cyclic esters (lactones) is 1. The summed E-state index contributed by atoms with van der Waals surface area (Å²) < 4.78 is 7.28. The molecule has 19 heavy (non-hydrogen) atoms. The van der Waals surface area contributed by atoms with Gasteiger partial charge >= 0.3 is 5.97 Å². The van der Waals surface area contributed by atoms with Gasteiger partial charge in [-0.15, -0.1) is 0 Å². The molecule has 5 nitrogen and oxygen atoms in total. The van der Waals surface area contributed by atoms with E-state index in [0.717, 1.165) is 32.2 Å². The highest BCUT2D eigenvalue weighted by Crippen LogP contribution is 2.31. The summed E-state index contributed by atoms with van der Waals surface area (Å²) in [5.41, 5.74) is 2.59. The largest absolute Gasteiger partial charge is 0.461 e. The second-order valence-electron chi connectivity index (χ2n) is 5.51. The summed E-state index contributed by atoms with van der Waals surface area (Å²) in [6.45, 7) is 4.96. The molecule has 0 radical (unpaired) electrons. The van der Waals surface area contributed by atoms with E-state index in [1.807, 2.05) is 13.1 Å². The molecule has 0 spiro atoms. The van der Waals surface area contributed by atoms with Crippen LogP contribution in [0.1, 0.15) is 50.4 Å². The van der Waals surface area contributed by atoms with Crippen LogP contribution in [-0.2, 0) is 22.5 Å². The normalized spacial score (nSPS) is 30.2. The number of fused-ring (bicyclic) bond motifs is 1. The predicted molar refractivity (Wildman–Crippen MR) is 70.7 cm³/mol. The number of nitrogens with one attached hydrogen (secondary N) is 1. The van der Waals surface area contributed by atoms with Gasteiger partial charge in [0.15, 0.2) is 0 Å². The lowest BCUT2D eigenvalue weighted by atomic mass is 9.92. The summed E-state index contributed by atoms with van der Waals surface area (Å²) in [5, 5.41) is 7.90. The number of hydrogen-bond acceptors (Lipinski definition) is 4. The molecule has 1 aromatic rings. The van der Waals surface area contributed by atoms with Gasteiger partial charge in [0.25, 0.3) is 0 Å². The van der Waals surface area contributed by atoms with Crippen LogP contribution in [0.2, 0.25) is 0 Å². The maximum Gasteiger partial charge on any atom is 0.323 e. The Hall–Kier alpha value is -1.36. The SMILES string of the molecule is CCn1ncc2c1CCCC2NC1CC(C)OC1=O. The van der Waals surface area contributed by atoms with E-state index in [4.69, 9.17) is 4.74 Å². The number of carbonyl (C=O) groups excluding carboxylic acids is 1. The number of rotatable bonds is 3. The van der Waals surface area contributed by atoms with Gasteiger partial charge in [-0.2, -0.15) is 5.10 Å². The van der Waals surface area contributed by atoms with Crippen molar-refractivity contribution in [3.63, 3.8) is 0 Å². The van der Waals surface area contributed by atoms with Gasteiger partial charge in [-0.3, -0.25) is 14.8 Å². The van der Waals surface area contributed by atoms with Crippen LogP contribution in [0.3, 0.4) is 0 Å². The molecule has 0 saturated carbocycles. The molecule has 1 aromatic heterocycles. The number of carbonyl (C=O) groups is 1. The first kappa shape index (κ1) is 12.7. The average molecular weight is 263 g/mol. The average Bonchev–Trinajstić information content (AvgIpc) is 2.94. The molecule has 1 fully saturated rings. The van der Waals surface area contributed by atoms with Crippen molar-refractivity contribution in [2.24, 2.45) is 0 Å². The lowest BCUT2D eigenvalue weighted by molar-refractivity contribution is -0.142. The van der Waals surface area contributed by atoms with E-state index in [2.05, 4.69) is 22.0 Å². The van der Waals surface area contributed by atoms with Crippen molar-refractivity contribution in [2.45, 2.75) is 64.3 Å². The molecule has 0 bridgehead atoms. The Bertz CT molecular complexity index is 483. The van der Waals surface area contributed by atoms with Crippen molar-refractivity contribution in [3.8, 4) is 0 Å². The smallest absolute Gasteiger partial charge is 0.323 e. The maximum absolute atomic E-state index is 11.7. The molecule has 5 heteroatoms. The summed E-state index contributed by atoms with van der Waals surface area (Å²) in [7, 11) is 0. The van der Waals surface area contributed by atoms with E-state index in [0.29, 0.717) is 0 Å². The highest BCUT2D eigenvalue weighted by Gasteiger charge is 2.35. The van der Waals surface area contributed by atoms with Crippen LogP contribution < -0.4 is 5.32 Å². The van der Waals surface area contributed by atoms with Gasteiger partial charge in [-0.25, -0.2) is 0 Å². The van der Waals surface area contributed by atoms with Gasteiger partial charge < -0.3 is 4.74 Å². The first-order valence-corrected chi connectivity index (χ1v) is 7.20. The van der Waals surface area contributed by atoms with E-state index < -0.39 is 0 Å². The van der Waals surface area contributed by atoms with Gasteiger partial charge in [0.2, 0.25) is 0 Å². The topological polar surface area (TPSA) is 56.1 Å². The summed E-state index contributed by atoms with van der Waals surface area (Å²) in [5.74, 6) is -0.109. The van der Waals surface area contributed by atoms with Crippen LogP contribution in [0, 0.1) is 0 Å². The third kappa shape index (κ3) is 2.27. The van der Waals surface area contributed by atoms with Crippen molar-refractivity contribution in [1.29, 1.82) is 0 Å². The molecule has 1 saturated heterocycles. The van der Waals surface area contributed by atoms with Crippen molar-refractivity contribution >= 4 is 5.97 Å². The Morgan fingerprint density at radius 1 is 1.53 bits per heavy atom. The Kier molecular flexibility index (Phi) is 3.31. The van der Waals surface area contributed by atoms with Crippen molar-refractivity contribution < 1.29 is 9.53 Å². The van der Waals surface area contributed by atoms with E-state index in [9.17, 15) is 4.79 Å².